The van der Waals surface area contributed by atoms with Gasteiger partial charge in [-0.1, -0.05) is 0 Å². The molecule has 0 aromatic carbocycles. The van der Waals surface area contributed by atoms with E-state index in [1.54, 1.807) is 13.0 Å². The number of hydrogen-bond donors (Lipinski definition) is 2. The molecular formula is C14H21N3O3. The summed E-state index contributed by atoms with van der Waals surface area (Å²) in [5.74, 6) is -1.20. The van der Waals surface area contributed by atoms with Crippen molar-refractivity contribution in [1.82, 2.24) is 14.8 Å². The number of piperidine rings is 1. The standard InChI is InChI=1S/C14H21N3O3/c1-2-16(10-13(18)19)14(20)12-4-3-9-17(12)11-5-7-15-8-6-11/h3-4,9,11,15H,2,5-8,10H2,1H3,(H,18,19). The molecule has 0 unspecified atom stereocenters. The van der Waals surface area contributed by atoms with E-state index in [0.29, 0.717) is 18.3 Å². The second-order valence-corrected chi connectivity index (χ2v) is 4.99. The van der Waals surface area contributed by atoms with Crippen LogP contribution in [0.3, 0.4) is 0 Å². The number of hydrogen-bond acceptors (Lipinski definition) is 3. The van der Waals surface area contributed by atoms with Crippen molar-refractivity contribution in [2.45, 2.75) is 25.8 Å². The molecule has 20 heavy (non-hydrogen) atoms. The molecule has 0 spiro atoms. The van der Waals surface area contributed by atoms with Gasteiger partial charge in [0.05, 0.1) is 0 Å². The molecule has 110 valence electrons. The number of aliphatic carboxylic acids is 1. The van der Waals surface area contributed by atoms with Gasteiger partial charge in [-0.15, -0.1) is 0 Å². The number of rotatable bonds is 5. The Morgan fingerprint density at radius 3 is 2.75 bits per heavy atom. The van der Waals surface area contributed by atoms with Crippen molar-refractivity contribution in [1.29, 1.82) is 0 Å². The van der Waals surface area contributed by atoms with Crippen molar-refractivity contribution in [3.63, 3.8) is 0 Å². The van der Waals surface area contributed by atoms with Gasteiger partial charge in [-0.2, -0.15) is 0 Å². The Hall–Kier alpha value is -1.82. The van der Waals surface area contributed by atoms with Gasteiger partial charge in [0.15, 0.2) is 0 Å². The Kier molecular flexibility index (Phi) is 4.79. The highest BCUT2D eigenvalue weighted by Crippen LogP contribution is 2.22. The minimum absolute atomic E-state index is 0.210. The zero-order valence-corrected chi connectivity index (χ0v) is 11.7. The van der Waals surface area contributed by atoms with Gasteiger partial charge in [-0.25, -0.2) is 0 Å². The number of carbonyl (C=O) groups is 2. The molecule has 1 aliphatic rings. The molecule has 2 heterocycles. The monoisotopic (exact) mass is 279 g/mol. The average molecular weight is 279 g/mol. The Morgan fingerprint density at radius 2 is 2.15 bits per heavy atom. The van der Waals surface area contributed by atoms with Gasteiger partial charge in [-0.05, 0) is 45.0 Å². The lowest BCUT2D eigenvalue weighted by atomic mass is 10.1. The van der Waals surface area contributed by atoms with E-state index in [1.807, 2.05) is 16.8 Å². The van der Waals surface area contributed by atoms with Gasteiger partial charge >= 0.3 is 5.97 Å². The first-order valence-electron chi connectivity index (χ1n) is 7.02. The van der Waals surface area contributed by atoms with Crippen LogP contribution in [-0.4, -0.2) is 52.6 Å². The number of likely N-dealkylation sites (N-methyl/N-ethyl adjacent to an activating group) is 1. The van der Waals surface area contributed by atoms with Crippen LogP contribution in [0.5, 0.6) is 0 Å². The molecule has 1 fully saturated rings. The van der Waals surface area contributed by atoms with Crippen LogP contribution in [0.25, 0.3) is 0 Å². The predicted octanol–water partition coefficient (Wildman–Crippen LogP) is 0.959. The number of carbonyl (C=O) groups excluding carboxylic acids is 1. The van der Waals surface area contributed by atoms with Crippen LogP contribution >= 0.6 is 0 Å². The summed E-state index contributed by atoms with van der Waals surface area (Å²) in [4.78, 5) is 24.6. The maximum Gasteiger partial charge on any atom is 0.323 e. The average Bonchev–Trinajstić information content (AvgIpc) is 2.94. The Morgan fingerprint density at radius 1 is 1.45 bits per heavy atom. The fraction of sp³-hybridized carbons (Fsp3) is 0.571. The molecule has 6 nitrogen and oxygen atoms in total. The molecule has 0 aliphatic carbocycles. The molecule has 1 aliphatic heterocycles. The fourth-order valence-electron chi connectivity index (χ4n) is 2.63. The van der Waals surface area contributed by atoms with Crippen molar-refractivity contribution in [2.75, 3.05) is 26.2 Å². The third-order valence-electron chi connectivity index (χ3n) is 3.70. The number of amides is 1. The molecule has 1 amide bonds. The van der Waals surface area contributed by atoms with Crippen LogP contribution in [-0.2, 0) is 4.79 Å². The van der Waals surface area contributed by atoms with E-state index in [1.165, 1.54) is 4.90 Å². The first-order chi connectivity index (χ1) is 9.63. The highest BCUT2D eigenvalue weighted by atomic mass is 16.4. The Balaban J connectivity index is 2.17. The molecule has 0 bridgehead atoms. The lowest BCUT2D eigenvalue weighted by Crippen LogP contribution is -2.37. The normalized spacial score (nSPS) is 16.1. The summed E-state index contributed by atoms with van der Waals surface area (Å²) in [6, 6.07) is 3.94. The van der Waals surface area contributed by atoms with Crippen molar-refractivity contribution in [3.8, 4) is 0 Å². The molecule has 1 aromatic rings. The molecule has 0 radical (unpaired) electrons. The fourth-order valence-corrected chi connectivity index (χ4v) is 2.63. The van der Waals surface area contributed by atoms with Crippen LogP contribution in [0.4, 0.5) is 0 Å². The van der Waals surface area contributed by atoms with Crippen molar-refractivity contribution in [3.05, 3.63) is 24.0 Å². The number of carboxylic acids is 1. The molecule has 2 rings (SSSR count). The zero-order valence-electron chi connectivity index (χ0n) is 11.7. The summed E-state index contributed by atoms with van der Waals surface area (Å²) in [5.41, 5.74) is 0.583. The number of aromatic nitrogens is 1. The molecule has 2 N–H and O–H groups in total. The number of nitrogens with one attached hydrogen (secondary N) is 1. The summed E-state index contributed by atoms with van der Waals surface area (Å²) in [5, 5.41) is 12.2. The van der Waals surface area contributed by atoms with E-state index in [4.69, 9.17) is 5.11 Å². The lowest BCUT2D eigenvalue weighted by Gasteiger charge is -2.27. The Labute approximate surface area is 118 Å². The van der Waals surface area contributed by atoms with Gasteiger partial charge in [0.2, 0.25) is 0 Å². The zero-order chi connectivity index (χ0) is 14.5. The van der Waals surface area contributed by atoms with E-state index in [2.05, 4.69) is 5.32 Å². The highest BCUT2D eigenvalue weighted by Gasteiger charge is 2.23. The third kappa shape index (κ3) is 3.19. The minimum Gasteiger partial charge on any atom is -0.480 e. The van der Waals surface area contributed by atoms with E-state index in [9.17, 15) is 9.59 Å². The van der Waals surface area contributed by atoms with E-state index >= 15 is 0 Å². The summed E-state index contributed by atoms with van der Waals surface area (Å²) in [6.07, 6.45) is 3.89. The molecule has 1 saturated heterocycles. The maximum atomic E-state index is 12.5. The van der Waals surface area contributed by atoms with Gasteiger partial charge in [0.25, 0.3) is 5.91 Å². The van der Waals surface area contributed by atoms with Gasteiger partial charge < -0.3 is 19.9 Å². The Bertz CT molecular complexity index is 478. The lowest BCUT2D eigenvalue weighted by molar-refractivity contribution is -0.137. The van der Waals surface area contributed by atoms with Gasteiger partial charge in [0, 0.05) is 18.8 Å². The van der Waals surface area contributed by atoms with E-state index in [-0.39, 0.29) is 12.5 Å². The third-order valence-corrected chi connectivity index (χ3v) is 3.70. The minimum atomic E-state index is -0.986. The summed E-state index contributed by atoms with van der Waals surface area (Å²) >= 11 is 0. The molecule has 6 heteroatoms. The topological polar surface area (TPSA) is 74.6 Å². The summed E-state index contributed by atoms with van der Waals surface area (Å²) in [7, 11) is 0. The van der Waals surface area contributed by atoms with E-state index < -0.39 is 5.97 Å². The molecule has 1 aromatic heterocycles. The van der Waals surface area contributed by atoms with E-state index in [0.717, 1.165) is 25.9 Å². The molecule has 0 saturated carbocycles. The van der Waals surface area contributed by atoms with Crippen LogP contribution < -0.4 is 5.32 Å². The first kappa shape index (κ1) is 14.6. The van der Waals surface area contributed by atoms with Crippen molar-refractivity contribution in [2.24, 2.45) is 0 Å². The van der Waals surface area contributed by atoms with Gasteiger partial charge in [-0.3, -0.25) is 9.59 Å². The maximum absolute atomic E-state index is 12.5. The largest absolute Gasteiger partial charge is 0.480 e. The number of nitrogens with zero attached hydrogens (tertiary/aromatic N) is 2. The van der Waals surface area contributed by atoms with Crippen LogP contribution in [0.2, 0.25) is 0 Å². The quantitative estimate of drug-likeness (QED) is 0.842. The first-order valence-corrected chi connectivity index (χ1v) is 7.02. The van der Waals surface area contributed by atoms with Crippen molar-refractivity contribution >= 4 is 11.9 Å². The second-order valence-electron chi connectivity index (χ2n) is 4.99. The highest BCUT2D eigenvalue weighted by molar-refractivity contribution is 5.94. The van der Waals surface area contributed by atoms with Crippen LogP contribution in [0.15, 0.2) is 18.3 Å². The van der Waals surface area contributed by atoms with Gasteiger partial charge in [0.1, 0.15) is 12.2 Å². The van der Waals surface area contributed by atoms with Crippen molar-refractivity contribution < 1.29 is 14.7 Å². The SMILES string of the molecule is CCN(CC(=O)O)C(=O)c1cccn1C1CCNCC1. The van der Waals surface area contributed by atoms with Crippen LogP contribution in [0, 0.1) is 0 Å². The number of carboxylic acid groups (broad SMARTS) is 1. The smallest absolute Gasteiger partial charge is 0.323 e. The molecule has 0 atom stereocenters. The predicted molar refractivity (Wildman–Crippen MR) is 74.8 cm³/mol. The van der Waals surface area contributed by atoms with Crippen LogP contribution in [0.1, 0.15) is 36.3 Å². The second kappa shape index (κ2) is 6.56. The molecular weight excluding hydrogens is 258 g/mol. The summed E-state index contributed by atoms with van der Waals surface area (Å²) in [6.45, 7) is 3.82. The summed E-state index contributed by atoms with van der Waals surface area (Å²) < 4.78 is 1.99.